The molecule has 1 N–H and O–H groups in total. The number of thiazole rings is 1. The summed E-state index contributed by atoms with van der Waals surface area (Å²) >= 11 is 1.11. The lowest BCUT2D eigenvalue weighted by atomic mass is 10.1. The lowest BCUT2D eigenvalue weighted by Gasteiger charge is -2.05. The summed E-state index contributed by atoms with van der Waals surface area (Å²) in [6.07, 6.45) is 0. The molecule has 0 fully saturated rings. The van der Waals surface area contributed by atoms with E-state index >= 15 is 0 Å². The Morgan fingerprint density at radius 1 is 1.21 bits per heavy atom. The van der Waals surface area contributed by atoms with Crippen molar-refractivity contribution in [1.29, 1.82) is 0 Å². The smallest absolute Gasteiger partial charge is 0.350 e. The van der Waals surface area contributed by atoms with Crippen LogP contribution < -0.4 is 5.32 Å². The zero-order valence-corrected chi connectivity index (χ0v) is 17.4. The van der Waals surface area contributed by atoms with Crippen LogP contribution in [0.5, 0.6) is 0 Å². The molecular weight excluding hydrogens is 378 g/mol. The molecule has 9 heteroatoms. The highest BCUT2D eigenvalue weighted by Gasteiger charge is 2.19. The summed E-state index contributed by atoms with van der Waals surface area (Å²) < 4.78 is 6.79. The third kappa shape index (κ3) is 4.36. The predicted octanol–water partition coefficient (Wildman–Crippen LogP) is 3.26. The number of aryl methyl sites for hydroxylation is 3. The molecule has 0 aliphatic rings. The Kier molecular flexibility index (Phi) is 5.73. The third-order valence-electron chi connectivity index (χ3n) is 4.20. The summed E-state index contributed by atoms with van der Waals surface area (Å²) in [5.41, 5.74) is 4.31. The molecule has 0 aliphatic heterocycles. The fraction of sp³-hybridized carbons (Fsp3) is 0.421. The van der Waals surface area contributed by atoms with Gasteiger partial charge in [-0.25, -0.2) is 14.5 Å². The van der Waals surface area contributed by atoms with Crippen molar-refractivity contribution in [2.75, 3.05) is 11.9 Å². The molecule has 2 heterocycles. The van der Waals surface area contributed by atoms with Gasteiger partial charge in [0, 0.05) is 0 Å². The second-order valence-corrected chi connectivity index (χ2v) is 8.15. The maximum atomic E-state index is 12.4. The number of fused-ring (bicyclic) bond motifs is 1. The first-order valence-corrected chi connectivity index (χ1v) is 9.81. The molecule has 0 saturated carbocycles. The third-order valence-corrected chi connectivity index (χ3v) is 5.25. The van der Waals surface area contributed by atoms with Crippen LogP contribution in [-0.2, 0) is 16.1 Å². The van der Waals surface area contributed by atoms with Gasteiger partial charge < -0.3 is 10.1 Å². The Bertz CT molecular complexity index is 1040. The normalized spacial score (nSPS) is 11.2. The molecule has 0 atom stereocenters. The Hall–Kier alpha value is -2.81. The number of nitrogens with zero attached hydrogens (tertiary/aromatic N) is 4. The first-order valence-electron chi connectivity index (χ1n) is 8.99. The number of aromatic nitrogens is 4. The van der Waals surface area contributed by atoms with Gasteiger partial charge in [-0.15, -0.1) is 5.10 Å². The molecule has 3 rings (SSSR count). The van der Waals surface area contributed by atoms with Gasteiger partial charge in [-0.3, -0.25) is 4.79 Å². The van der Waals surface area contributed by atoms with Gasteiger partial charge in [0.05, 0.1) is 17.8 Å². The van der Waals surface area contributed by atoms with Gasteiger partial charge >= 0.3 is 5.97 Å². The summed E-state index contributed by atoms with van der Waals surface area (Å²) in [6, 6.07) is 3.92. The SMILES string of the molecule is Cc1cc2nnn(CC(=O)Nc3nc(C)c(C(=O)OCC(C)C)s3)c2cc1C. The standard InChI is InChI=1S/C19H23N5O3S/c1-10(2)9-27-18(26)17-13(5)20-19(28-17)21-16(25)8-24-15-7-12(4)11(3)6-14(15)22-23-24/h6-7,10H,8-9H2,1-5H3,(H,20,21,25). The van der Waals surface area contributed by atoms with Crippen LogP contribution in [0.2, 0.25) is 0 Å². The van der Waals surface area contributed by atoms with E-state index in [2.05, 4.69) is 20.6 Å². The summed E-state index contributed by atoms with van der Waals surface area (Å²) in [6.45, 7) is 10.0. The zero-order chi connectivity index (χ0) is 20.4. The first kappa shape index (κ1) is 19.9. The minimum absolute atomic E-state index is 0.00472. The molecule has 28 heavy (non-hydrogen) atoms. The second-order valence-electron chi connectivity index (χ2n) is 7.15. The van der Waals surface area contributed by atoms with Gasteiger partial charge in [-0.2, -0.15) is 0 Å². The summed E-state index contributed by atoms with van der Waals surface area (Å²) in [7, 11) is 0. The fourth-order valence-electron chi connectivity index (χ4n) is 2.58. The molecular formula is C19H23N5O3S. The van der Waals surface area contributed by atoms with E-state index < -0.39 is 5.97 Å². The number of carbonyl (C=O) groups is 2. The molecule has 0 bridgehead atoms. The molecule has 1 amide bonds. The van der Waals surface area contributed by atoms with Crippen molar-refractivity contribution in [3.8, 4) is 0 Å². The average molecular weight is 401 g/mol. The van der Waals surface area contributed by atoms with Crippen molar-refractivity contribution in [3.05, 3.63) is 33.8 Å². The summed E-state index contributed by atoms with van der Waals surface area (Å²) in [5.74, 6) is -0.459. The zero-order valence-electron chi connectivity index (χ0n) is 16.6. The van der Waals surface area contributed by atoms with Crippen LogP contribution in [0.25, 0.3) is 11.0 Å². The number of benzene rings is 1. The van der Waals surface area contributed by atoms with E-state index in [0.29, 0.717) is 22.3 Å². The number of anilines is 1. The lowest BCUT2D eigenvalue weighted by Crippen LogP contribution is -2.19. The Morgan fingerprint density at radius 3 is 2.64 bits per heavy atom. The Balaban J connectivity index is 1.70. The van der Waals surface area contributed by atoms with Gasteiger partial charge in [0.2, 0.25) is 5.91 Å². The molecule has 0 spiro atoms. The van der Waals surface area contributed by atoms with Crippen LogP contribution in [0.1, 0.15) is 40.3 Å². The van der Waals surface area contributed by atoms with Crippen molar-refractivity contribution < 1.29 is 14.3 Å². The summed E-state index contributed by atoms with van der Waals surface area (Å²) in [5, 5.41) is 11.3. The van der Waals surface area contributed by atoms with Gasteiger partial charge in [0.15, 0.2) is 5.13 Å². The molecule has 3 aromatic rings. The molecule has 8 nitrogen and oxygen atoms in total. The maximum absolute atomic E-state index is 12.4. The van der Waals surface area contributed by atoms with Crippen LogP contribution in [0.3, 0.4) is 0 Å². The minimum Gasteiger partial charge on any atom is -0.461 e. The number of rotatable bonds is 6. The Morgan fingerprint density at radius 2 is 1.93 bits per heavy atom. The monoisotopic (exact) mass is 401 g/mol. The van der Waals surface area contributed by atoms with Crippen LogP contribution in [0.15, 0.2) is 12.1 Å². The molecule has 0 saturated heterocycles. The van der Waals surface area contributed by atoms with Crippen LogP contribution in [-0.4, -0.2) is 38.5 Å². The van der Waals surface area contributed by atoms with Crippen LogP contribution in [0, 0.1) is 26.7 Å². The minimum atomic E-state index is -0.419. The van der Waals surface area contributed by atoms with Crippen LogP contribution >= 0.6 is 11.3 Å². The number of carbonyl (C=O) groups excluding carboxylic acids is 2. The molecule has 1 aromatic carbocycles. The van der Waals surface area contributed by atoms with Gasteiger partial charge in [0.1, 0.15) is 16.9 Å². The van der Waals surface area contributed by atoms with Crippen molar-refractivity contribution in [3.63, 3.8) is 0 Å². The fourth-order valence-corrected chi connectivity index (χ4v) is 3.46. The van der Waals surface area contributed by atoms with Gasteiger partial charge in [-0.1, -0.05) is 30.4 Å². The van der Waals surface area contributed by atoms with Crippen molar-refractivity contribution >= 4 is 39.4 Å². The topological polar surface area (TPSA) is 99.0 Å². The van der Waals surface area contributed by atoms with Gasteiger partial charge in [0.25, 0.3) is 0 Å². The highest BCUT2D eigenvalue weighted by atomic mass is 32.1. The molecule has 2 aromatic heterocycles. The number of hydrogen-bond donors (Lipinski definition) is 1. The molecule has 0 aliphatic carbocycles. The van der Waals surface area contributed by atoms with E-state index in [4.69, 9.17) is 4.74 Å². The molecule has 148 valence electrons. The van der Waals surface area contributed by atoms with Crippen molar-refractivity contribution in [2.24, 2.45) is 5.92 Å². The maximum Gasteiger partial charge on any atom is 0.350 e. The number of amides is 1. The highest BCUT2D eigenvalue weighted by Crippen LogP contribution is 2.24. The Labute approximate surface area is 166 Å². The van der Waals surface area contributed by atoms with Gasteiger partial charge in [-0.05, 0) is 49.9 Å². The number of ether oxygens (including phenoxy) is 1. The quantitative estimate of drug-likeness (QED) is 0.637. The number of esters is 1. The van der Waals surface area contributed by atoms with E-state index in [1.165, 1.54) is 0 Å². The number of nitrogens with one attached hydrogen (secondary N) is 1. The van der Waals surface area contributed by atoms with Crippen LogP contribution in [0.4, 0.5) is 5.13 Å². The lowest BCUT2D eigenvalue weighted by molar-refractivity contribution is -0.116. The molecule has 0 unspecified atom stereocenters. The average Bonchev–Trinajstić information content (AvgIpc) is 3.16. The number of hydrogen-bond acceptors (Lipinski definition) is 7. The summed E-state index contributed by atoms with van der Waals surface area (Å²) in [4.78, 5) is 29.2. The second kappa shape index (κ2) is 8.05. The van der Waals surface area contributed by atoms with E-state index in [1.807, 2.05) is 39.8 Å². The van der Waals surface area contributed by atoms with Crippen molar-refractivity contribution in [1.82, 2.24) is 20.0 Å². The predicted molar refractivity (Wildman–Crippen MR) is 108 cm³/mol. The molecule has 0 radical (unpaired) electrons. The van der Waals surface area contributed by atoms with E-state index in [1.54, 1.807) is 11.6 Å². The first-order chi connectivity index (χ1) is 13.2. The van der Waals surface area contributed by atoms with E-state index in [9.17, 15) is 9.59 Å². The van der Waals surface area contributed by atoms with E-state index in [0.717, 1.165) is 33.5 Å². The highest BCUT2D eigenvalue weighted by molar-refractivity contribution is 7.17. The van der Waals surface area contributed by atoms with Crippen molar-refractivity contribution in [2.45, 2.75) is 41.2 Å². The van der Waals surface area contributed by atoms with E-state index in [-0.39, 0.29) is 18.4 Å². The largest absolute Gasteiger partial charge is 0.461 e.